The van der Waals surface area contributed by atoms with Gasteiger partial charge in [-0.05, 0) is 46.7 Å². The van der Waals surface area contributed by atoms with E-state index in [-0.39, 0.29) is 6.04 Å². The smallest absolute Gasteiger partial charge is 0.0511 e. The third kappa shape index (κ3) is 2.99. The van der Waals surface area contributed by atoms with Crippen LogP contribution in [0.25, 0.3) is 10.1 Å². The summed E-state index contributed by atoms with van der Waals surface area (Å²) in [5.41, 5.74) is 5.61. The average Bonchev–Trinajstić information content (AvgIpc) is 2.95. The molecule has 2 aromatic carbocycles. The topological polar surface area (TPSA) is 38.0 Å². The summed E-state index contributed by atoms with van der Waals surface area (Å²) in [4.78, 5) is 1.28. The van der Waals surface area contributed by atoms with E-state index in [9.17, 15) is 0 Å². The largest absolute Gasteiger partial charge is 0.271 e. The number of thioether (sulfide) groups is 1. The molecule has 0 spiro atoms. The van der Waals surface area contributed by atoms with Crippen LogP contribution < -0.4 is 11.3 Å². The van der Waals surface area contributed by atoms with Crippen molar-refractivity contribution in [2.45, 2.75) is 17.4 Å². The Bertz CT molecular complexity index is 736. The number of hydrazine groups is 1. The number of hydrogen-bond acceptors (Lipinski definition) is 4. The quantitative estimate of drug-likeness (QED) is 0.417. The molecule has 3 aromatic rings. The van der Waals surface area contributed by atoms with Gasteiger partial charge < -0.3 is 0 Å². The van der Waals surface area contributed by atoms with Gasteiger partial charge in [-0.15, -0.1) is 23.1 Å². The second-order valence-corrected chi connectivity index (χ2v) is 6.68. The summed E-state index contributed by atoms with van der Waals surface area (Å²) in [6.07, 6.45) is 3.00. The minimum absolute atomic E-state index is 0.131. The molecule has 0 aliphatic heterocycles. The molecule has 0 fully saturated rings. The molecule has 1 aromatic heterocycles. The maximum atomic E-state index is 5.83. The van der Waals surface area contributed by atoms with Gasteiger partial charge in [0.2, 0.25) is 0 Å². The van der Waals surface area contributed by atoms with Crippen molar-refractivity contribution >= 4 is 33.2 Å². The normalized spacial score (nSPS) is 12.7. The predicted octanol–water partition coefficient (Wildman–Crippen LogP) is 4.37. The molecular weight excluding hydrogens is 296 g/mol. The van der Waals surface area contributed by atoms with E-state index in [1.165, 1.54) is 26.1 Å². The van der Waals surface area contributed by atoms with E-state index >= 15 is 0 Å². The van der Waals surface area contributed by atoms with Crippen molar-refractivity contribution in [1.29, 1.82) is 0 Å². The highest BCUT2D eigenvalue weighted by Crippen LogP contribution is 2.32. The molecule has 3 N–H and O–H groups in total. The van der Waals surface area contributed by atoms with Crippen molar-refractivity contribution in [2.75, 3.05) is 6.26 Å². The van der Waals surface area contributed by atoms with Crippen LogP contribution in [-0.4, -0.2) is 6.26 Å². The van der Waals surface area contributed by atoms with Gasteiger partial charge in [0.05, 0.1) is 6.04 Å². The first-order valence-corrected chi connectivity index (χ1v) is 8.98. The fourth-order valence-electron chi connectivity index (χ4n) is 2.62. The molecule has 2 nitrogen and oxygen atoms in total. The lowest BCUT2D eigenvalue weighted by Crippen LogP contribution is -2.29. The molecule has 0 amide bonds. The zero-order chi connectivity index (χ0) is 14.7. The van der Waals surface area contributed by atoms with Crippen LogP contribution >= 0.6 is 23.1 Å². The molecule has 1 heterocycles. The van der Waals surface area contributed by atoms with Gasteiger partial charge in [0.1, 0.15) is 0 Å². The lowest BCUT2D eigenvalue weighted by atomic mass is 9.99. The Kier molecular flexibility index (Phi) is 4.60. The van der Waals surface area contributed by atoms with E-state index in [0.29, 0.717) is 0 Å². The zero-order valence-corrected chi connectivity index (χ0v) is 13.5. The Labute approximate surface area is 133 Å². The second-order valence-electron chi connectivity index (χ2n) is 4.92. The van der Waals surface area contributed by atoms with Gasteiger partial charge in [-0.1, -0.05) is 36.4 Å². The Morgan fingerprint density at radius 3 is 2.71 bits per heavy atom. The summed E-state index contributed by atoms with van der Waals surface area (Å²) in [5.74, 6) is 5.83. The van der Waals surface area contributed by atoms with Crippen molar-refractivity contribution in [2.24, 2.45) is 5.84 Å². The maximum absolute atomic E-state index is 5.83. The third-order valence-corrected chi connectivity index (χ3v) is 5.52. The van der Waals surface area contributed by atoms with Gasteiger partial charge in [-0.2, -0.15) is 0 Å². The van der Waals surface area contributed by atoms with Crippen molar-refractivity contribution in [3.63, 3.8) is 0 Å². The van der Waals surface area contributed by atoms with Crippen LogP contribution in [0.1, 0.15) is 17.2 Å². The van der Waals surface area contributed by atoms with E-state index in [0.717, 1.165) is 6.42 Å². The van der Waals surface area contributed by atoms with E-state index in [2.05, 4.69) is 65.6 Å². The van der Waals surface area contributed by atoms with Crippen LogP contribution in [0.2, 0.25) is 0 Å². The van der Waals surface area contributed by atoms with Gasteiger partial charge in [-0.25, -0.2) is 0 Å². The molecule has 21 heavy (non-hydrogen) atoms. The highest BCUT2D eigenvalue weighted by Gasteiger charge is 2.16. The highest BCUT2D eigenvalue weighted by atomic mass is 32.2. The second kappa shape index (κ2) is 6.62. The summed E-state index contributed by atoms with van der Waals surface area (Å²) < 4.78 is 1.33. The number of nitrogens with two attached hydrogens (primary N) is 1. The molecule has 1 atom stereocenters. The maximum Gasteiger partial charge on any atom is 0.0511 e. The van der Waals surface area contributed by atoms with Crippen LogP contribution in [0.3, 0.4) is 0 Å². The van der Waals surface area contributed by atoms with Gasteiger partial charge >= 0.3 is 0 Å². The van der Waals surface area contributed by atoms with Crippen molar-refractivity contribution in [3.05, 3.63) is 65.0 Å². The predicted molar refractivity (Wildman–Crippen MR) is 93.8 cm³/mol. The molecule has 0 aliphatic carbocycles. The van der Waals surface area contributed by atoms with E-state index in [1.54, 1.807) is 23.1 Å². The molecule has 4 heteroatoms. The summed E-state index contributed by atoms with van der Waals surface area (Å²) in [6, 6.07) is 17.1. The summed E-state index contributed by atoms with van der Waals surface area (Å²) in [5, 5.41) is 3.58. The molecule has 0 bridgehead atoms. The Morgan fingerprint density at radius 2 is 1.90 bits per heavy atom. The van der Waals surface area contributed by atoms with Crippen molar-refractivity contribution in [3.8, 4) is 0 Å². The molecular formula is C17H18N2S2. The number of fused-ring (bicyclic) bond motifs is 1. The minimum atomic E-state index is 0.131. The molecule has 0 radical (unpaired) electrons. The van der Waals surface area contributed by atoms with Gasteiger partial charge in [0, 0.05) is 9.60 Å². The number of thiophene rings is 1. The van der Waals surface area contributed by atoms with Crippen molar-refractivity contribution < 1.29 is 0 Å². The Morgan fingerprint density at radius 1 is 1.14 bits per heavy atom. The van der Waals surface area contributed by atoms with E-state index < -0.39 is 0 Å². The first kappa shape index (κ1) is 14.6. The first-order valence-electron chi connectivity index (χ1n) is 6.87. The molecule has 3 rings (SSSR count). The summed E-state index contributed by atoms with van der Waals surface area (Å²) in [6.45, 7) is 0. The summed E-state index contributed by atoms with van der Waals surface area (Å²) in [7, 11) is 0. The van der Waals surface area contributed by atoms with Crippen LogP contribution in [0.4, 0.5) is 0 Å². The van der Waals surface area contributed by atoms with Crippen molar-refractivity contribution in [1.82, 2.24) is 5.43 Å². The number of rotatable bonds is 5. The van der Waals surface area contributed by atoms with Gasteiger partial charge in [-0.3, -0.25) is 11.3 Å². The zero-order valence-electron chi connectivity index (χ0n) is 11.9. The number of nitrogens with one attached hydrogen (secondary N) is 1. The highest BCUT2D eigenvalue weighted by molar-refractivity contribution is 7.98. The average molecular weight is 314 g/mol. The van der Waals surface area contributed by atoms with Gasteiger partial charge in [0.15, 0.2) is 0 Å². The minimum Gasteiger partial charge on any atom is -0.271 e. The first-order chi connectivity index (χ1) is 10.3. The Hall–Kier alpha value is -1.33. The third-order valence-electron chi connectivity index (χ3n) is 3.70. The van der Waals surface area contributed by atoms with Crippen LogP contribution in [-0.2, 0) is 6.42 Å². The van der Waals surface area contributed by atoms with Crippen LogP contribution in [0.5, 0.6) is 0 Å². The lowest BCUT2D eigenvalue weighted by Gasteiger charge is -2.19. The lowest BCUT2D eigenvalue weighted by molar-refractivity contribution is 0.546. The SMILES string of the molecule is CSc1ccccc1C(Cc1csc2ccccc12)NN. The van der Waals surface area contributed by atoms with E-state index in [4.69, 9.17) is 5.84 Å². The number of hydrogen-bond donors (Lipinski definition) is 2. The molecule has 0 saturated carbocycles. The molecule has 1 unspecified atom stereocenters. The molecule has 108 valence electrons. The van der Waals surface area contributed by atoms with Gasteiger partial charge in [0.25, 0.3) is 0 Å². The fourth-order valence-corrected chi connectivity index (χ4v) is 4.26. The molecule has 0 saturated heterocycles. The number of benzene rings is 2. The fraction of sp³-hybridized carbons (Fsp3) is 0.176. The van der Waals surface area contributed by atoms with E-state index in [1.807, 2.05) is 0 Å². The summed E-state index contributed by atoms with van der Waals surface area (Å²) >= 11 is 3.56. The standard InChI is InChI=1S/C17H18N2S2/c1-20-16-8-4-3-7-14(16)15(19-18)10-12-11-21-17-9-5-2-6-13(12)17/h2-9,11,15,19H,10,18H2,1H3. The Balaban J connectivity index is 1.94. The monoisotopic (exact) mass is 314 g/mol. The van der Waals surface area contributed by atoms with Crippen LogP contribution in [0.15, 0.2) is 58.8 Å². The van der Waals surface area contributed by atoms with Crippen LogP contribution in [0, 0.1) is 0 Å². The molecule has 0 aliphatic rings.